The molecule has 0 aliphatic rings. The predicted molar refractivity (Wildman–Crippen MR) is 79.2 cm³/mol. The molecule has 0 fully saturated rings. The van der Waals surface area contributed by atoms with Crippen molar-refractivity contribution in [3.8, 4) is 0 Å². The van der Waals surface area contributed by atoms with Crippen molar-refractivity contribution in [3.63, 3.8) is 0 Å². The molecular weight excluding hydrogens is 244 g/mol. The first-order chi connectivity index (χ1) is 8.56. The number of benzene rings is 2. The third kappa shape index (κ3) is 2.96. The van der Waals surface area contributed by atoms with E-state index in [2.05, 4.69) is 43.1 Å². The first-order valence-corrected chi connectivity index (χ1v) is 6.26. The van der Waals surface area contributed by atoms with Gasteiger partial charge in [-0.05, 0) is 36.8 Å². The molecule has 94 valence electrons. The molecule has 2 rings (SSSR count). The smallest absolute Gasteiger partial charge is 0.0476 e. The summed E-state index contributed by atoms with van der Waals surface area (Å²) in [6, 6.07) is 14.1. The van der Waals surface area contributed by atoms with Gasteiger partial charge in [0.05, 0.1) is 0 Å². The van der Waals surface area contributed by atoms with Crippen molar-refractivity contribution >= 4 is 23.0 Å². The van der Waals surface area contributed by atoms with Crippen molar-refractivity contribution in [1.29, 1.82) is 0 Å². The van der Waals surface area contributed by atoms with Gasteiger partial charge in [-0.1, -0.05) is 35.4 Å². The molecule has 3 heteroatoms. The Balaban J connectivity index is 2.15. The summed E-state index contributed by atoms with van der Waals surface area (Å²) in [6.45, 7) is 2.85. The number of hydrogen-bond donors (Lipinski definition) is 1. The van der Waals surface area contributed by atoms with Gasteiger partial charge in [-0.2, -0.15) is 0 Å². The van der Waals surface area contributed by atoms with Crippen LogP contribution in [0.1, 0.15) is 11.1 Å². The largest absolute Gasteiger partial charge is 0.399 e. The summed E-state index contributed by atoms with van der Waals surface area (Å²) in [4.78, 5) is 2.16. The molecule has 0 amide bonds. The quantitative estimate of drug-likeness (QED) is 0.849. The van der Waals surface area contributed by atoms with Gasteiger partial charge in [-0.3, -0.25) is 0 Å². The van der Waals surface area contributed by atoms with Crippen LogP contribution in [0.4, 0.5) is 11.4 Å². The first kappa shape index (κ1) is 12.8. The second-order valence-corrected chi connectivity index (χ2v) is 4.95. The van der Waals surface area contributed by atoms with Crippen LogP contribution in [0.2, 0.25) is 5.02 Å². The summed E-state index contributed by atoms with van der Waals surface area (Å²) in [7, 11) is 2.05. The molecule has 0 aromatic heterocycles. The lowest BCUT2D eigenvalue weighted by Gasteiger charge is -2.20. The molecule has 2 aromatic carbocycles. The normalized spacial score (nSPS) is 10.4. The zero-order valence-electron chi connectivity index (χ0n) is 10.7. The average Bonchev–Trinajstić information content (AvgIpc) is 2.33. The Morgan fingerprint density at radius 2 is 1.78 bits per heavy atom. The summed E-state index contributed by atoms with van der Waals surface area (Å²) in [5.41, 5.74) is 9.90. The van der Waals surface area contributed by atoms with E-state index >= 15 is 0 Å². The Kier molecular flexibility index (Phi) is 3.78. The molecule has 18 heavy (non-hydrogen) atoms. The third-order valence-electron chi connectivity index (χ3n) is 2.96. The van der Waals surface area contributed by atoms with Gasteiger partial charge in [0.1, 0.15) is 0 Å². The molecule has 0 atom stereocenters. The van der Waals surface area contributed by atoms with Crippen molar-refractivity contribution < 1.29 is 0 Å². The number of rotatable bonds is 3. The summed E-state index contributed by atoms with van der Waals surface area (Å²) in [5.74, 6) is 0. The zero-order valence-corrected chi connectivity index (χ0v) is 11.4. The van der Waals surface area contributed by atoms with Crippen molar-refractivity contribution in [3.05, 3.63) is 58.6 Å². The molecule has 0 saturated heterocycles. The minimum Gasteiger partial charge on any atom is -0.399 e. The summed E-state index contributed by atoms with van der Waals surface area (Å²) in [6.07, 6.45) is 0. The highest BCUT2D eigenvalue weighted by molar-refractivity contribution is 6.31. The Bertz CT molecular complexity index is 535. The minimum absolute atomic E-state index is 0.696. The standard InChI is InChI=1S/C15H17ClN2/c1-11-3-7-14(8-4-11)18(2)10-12-5-6-13(17)9-15(12)16/h3-9H,10,17H2,1-2H3. The number of hydrogen-bond acceptors (Lipinski definition) is 2. The fraction of sp³-hybridized carbons (Fsp3) is 0.200. The molecule has 0 spiro atoms. The molecule has 0 unspecified atom stereocenters. The number of nitrogens with two attached hydrogens (primary N) is 1. The maximum Gasteiger partial charge on any atom is 0.0476 e. The van der Waals surface area contributed by atoms with Crippen LogP contribution in [0.3, 0.4) is 0 Å². The van der Waals surface area contributed by atoms with E-state index < -0.39 is 0 Å². The van der Waals surface area contributed by atoms with Crippen LogP contribution in [0, 0.1) is 6.92 Å². The summed E-state index contributed by atoms with van der Waals surface area (Å²) >= 11 is 6.18. The molecule has 0 radical (unpaired) electrons. The maximum absolute atomic E-state index is 6.18. The van der Waals surface area contributed by atoms with Crippen molar-refractivity contribution in [1.82, 2.24) is 0 Å². The average molecular weight is 261 g/mol. The van der Waals surface area contributed by atoms with E-state index in [1.165, 1.54) is 11.3 Å². The van der Waals surface area contributed by atoms with E-state index in [0.29, 0.717) is 10.7 Å². The Morgan fingerprint density at radius 3 is 2.39 bits per heavy atom. The zero-order chi connectivity index (χ0) is 13.1. The van der Waals surface area contributed by atoms with Crippen LogP contribution in [-0.2, 0) is 6.54 Å². The van der Waals surface area contributed by atoms with Gasteiger partial charge in [0.25, 0.3) is 0 Å². The molecule has 0 aliphatic carbocycles. The molecule has 0 aliphatic heterocycles. The van der Waals surface area contributed by atoms with Crippen LogP contribution in [0.5, 0.6) is 0 Å². The van der Waals surface area contributed by atoms with Crippen molar-refractivity contribution in [2.24, 2.45) is 0 Å². The van der Waals surface area contributed by atoms with E-state index in [4.69, 9.17) is 17.3 Å². The Morgan fingerprint density at radius 1 is 1.11 bits per heavy atom. The Labute approximate surface area is 113 Å². The number of anilines is 2. The highest BCUT2D eigenvalue weighted by Gasteiger charge is 2.05. The van der Waals surface area contributed by atoms with Gasteiger partial charge >= 0.3 is 0 Å². The molecule has 2 aromatic rings. The van der Waals surface area contributed by atoms with E-state index in [1.807, 2.05) is 12.1 Å². The molecule has 0 bridgehead atoms. The van der Waals surface area contributed by atoms with E-state index in [9.17, 15) is 0 Å². The van der Waals surface area contributed by atoms with Gasteiger partial charge in [0, 0.05) is 30.0 Å². The second-order valence-electron chi connectivity index (χ2n) is 4.54. The highest BCUT2D eigenvalue weighted by atomic mass is 35.5. The number of halogens is 1. The Hall–Kier alpha value is -1.67. The van der Waals surface area contributed by atoms with Crippen molar-refractivity contribution in [2.75, 3.05) is 17.7 Å². The number of nitrogens with zero attached hydrogens (tertiary/aromatic N) is 1. The molecule has 0 saturated carbocycles. The van der Waals surface area contributed by atoms with Crippen LogP contribution in [-0.4, -0.2) is 7.05 Å². The molecule has 0 heterocycles. The fourth-order valence-electron chi connectivity index (χ4n) is 1.84. The second kappa shape index (κ2) is 5.32. The topological polar surface area (TPSA) is 29.3 Å². The highest BCUT2D eigenvalue weighted by Crippen LogP contribution is 2.23. The van der Waals surface area contributed by atoms with Crippen LogP contribution >= 0.6 is 11.6 Å². The maximum atomic E-state index is 6.18. The van der Waals surface area contributed by atoms with Gasteiger partial charge < -0.3 is 10.6 Å². The molecular formula is C15H17ClN2. The summed E-state index contributed by atoms with van der Waals surface area (Å²) < 4.78 is 0. The van der Waals surface area contributed by atoms with Crippen LogP contribution in [0.25, 0.3) is 0 Å². The van der Waals surface area contributed by atoms with E-state index in [0.717, 1.165) is 12.1 Å². The van der Waals surface area contributed by atoms with Gasteiger partial charge in [0.2, 0.25) is 0 Å². The van der Waals surface area contributed by atoms with Crippen LogP contribution in [0.15, 0.2) is 42.5 Å². The van der Waals surface area contributed by atoms with E-state index in [-0.39, 0.29) is 0 Å². The lowest BCUT2D eigenvalue weighted by molar-refractivity contribution is 0.923. The SMILES string of the molecule is Cc1ccc(N(C)Cc2ccc(N)cc2Cl)cc1. The minimum atomic E-state index is 0.696. The lowest BCUT2D eigenvalue weighted by Crippen LogP contribution is -2.16. The number of aryl methyl sites for hydroxylation is 1. The van der Waals surface area contributed by atoms with Crippen LogP contribution < -0.4 is 10.6 Å². The van der Waals surface area contributed by atoms with Gasteiger partial charge in [-0.25, -0.2) is 0 Å². The van der Waals surface area contributed by atoms with Gasteiger partial charge in [-0.15, -0.1) is 0 Å². The lowest BCUT2D eigenvalue weighted by atomic mass is 10.1. The summed E-state index contributed by atoms with van der Waals surface area (Å²) in [5, 5.41) is 0.717. The van der Waals surface area contributed by atoms with Crippen molar-refractivity contribution in [2.45, 2.75) is 13.5 Å². The fourth-order valence-corrected chi connectivity index (χ4v) is 2.09. The molecule has 2 N–H and O–H groups in total. The van der Waals surface area contributed by atoms with Gasteiger partial charge in [0.15, 0.2) is 0 Å². The number of nitrogen functional groups attached to an aromatic ring is 1. The first-order valence-electron chi connectivity index (χ1n) is 5.88. The van der Waals surface area contributed by atoms with E-state index in [1.54, 1.807) is 6.07 Å². The third-order valence-corrected chi connectivity index (χ3v) is 3.31. The molecule has 2 nitrogen and oxygen atoms in total. The monoisotopic (exact) mass is 260 g/mol. The predicted octanol–water partition coefficient (Wildman–Crippen LogP) is 3.87.